The smallest absolute Gasteiger partial charge is 0.227 e. The van der Waals surface area contributed by atoms with E-state index in [1.165, 1.54) is 5.56 Å². The maximum absolute atomic E-state index is 13.2. The van der Waals surface area contributed by atoms with Gasteiger partial charge in [0.15, 0.2) is 0 Å². The Balaban J connectivity index is 1.32. The number of carbonyl (C=O) groups excluding carboxylic acids is 1. The highest BCUT2D eigenvalue weighted by atomic mass is 16.3. The Kier molecular flexibility index (Phi) is 4.69. The molecule has 1 saturated heterocycles. The second kappa shape index (κ2) is 7.27. The third-order valence-electron chi connectivity index (χ3n) is 7.34. The summed E-state index contributed by atoms with van der Waals surface area (Å²) in [5, 5.41) is 11.7. The highest BCUT2D eigenvalue weighted by Crippen LogP contribution is 2.41. The number of furan rings is 1. The summed E-state index contributed by atoms with van der Waals surface area (Å²) >= 11 is 0. The number of benzene rings is 1. The summed E-state index contributed by atoms with van der Waals surface area (Å²) in [5.41, 5.74) is 5.38. The molecule has 0 unspecified atom stereocenters. The Bertz CT molecular complexity index is 1090. The summed E-state index contributed by atoms with van der Waals surface area (Å²) in [6.07, 6.45) is 8.81. The van der Waals surface area contributed by atoms with Gasteiger partial charge in [0.1, 0.15) is 5.58 Å². The van der Waals surface area contributed by atoms with E-state index in [0.29, 0.717) is 18.3 Å². The van der Waals surface area contributed by atoms with Crippen molar-refractivity contribution in [3.63, 3.8) is 0 Å². The molecule has 0 spiro atoms. The van der Waals surface area contributed by atoms with Gasteiger partial charge in [0.2, 0.25) is 5.91 Å². The molecule has 0 bridgehead atoms. The fourth-order valence-electron chi connectivity index (χ4n) is 5.59. The van der Waals surface area contributed by atoms with Crippen molar-refractivity contribution in [3.05, 3.63) is 53.3 Å². The largest absolute Gasteiger partial charge is 0.464 e. The summed E-state index contributed by atoms with van der Waals surface area (Å²) in [5.74, 6) is 0.951. The predicted octanol–water partition coefficient (Wildman–Crippen LogP) is 3.57. The van der Waals surface area contributed by atoms with Crippen LogP contribution in [-0.2, 0) is 11.2 Å². The predicted molar refractivity (Wildman–Crippen MR) is 114 cm³/mol. The van der Waals surface area contributed by atoms with E-state index in [1.807, 2.05) is 15.7 Å². The summed E-state index contributed by atoms with van der Waals surface area (Å²) < 4.78 is 7.87. The number of aromatic nitrogens is 2. The van der Waals surface area contributed by atoms with Gasteiger partial charge in [-0.25, -0.2) is 4.98 Å². The number of aryl methyl sites for hydroxylation is 3. The van der Waals surface area contributed by atoms with Crippen molar-refractivity contribution in [2.24, 2.45) is 11.8 Å². The molecule has 2 aromatic heterocycles. The van der Waals surface area contributed by atoms with Crippen LogP contribution in [0.3, 0.4) is 0 Å². The molecule has 3 heterocycles. The zero-order chi connectivity index (χ0) is 21.0. The van der Waals surface area contributed by atoms with Gasteiger partial charge in [-0.15, -0.1) is 0 Å². The number of carbonyl (C=O) groups is 1. The number of hydrogen-bond acceptors (Lipinski definition) is 4. The van der Waals surface area contributed by atoms with Crippen molar-refractivity contribution in [1.82, 2.24) is 14.5 Å². The maximum atomic E-state index is 13.2. The van der Waals surface area contributed by atoms with Crippen molar-refractivity contribution in [2.75, 3.05) is 13.1 Å². The van der Waals surface area contributed by atoms with Crippen LogP contribution in [0.5, 0.6) is 0 Å². The Morgan fingerprint density at radius 3 is 2.70 bits per heavy atom. The topological polar surface area (TPSA) is 71.5 Å². The van der Waals surface area contributed by atoms with E-state index in [2.05, 4.69) is 31.8 Å². The van der Waals surface area contributed by atoms with Crippen LogP contribution in [-0.4, -0.2) is 44.7 Å². The average molecular weight is 408 g/mol. The molecule has 30 heavy (non-hydrogen) atoms. The van der Waals surface area contributed by atoms with Gasteiger partial charge < -0.3 is 19.0 Å². The quantitative estimate of drug-likeness (QED) is 0.721. The van der Waals surface area contributed by atoms with E-state index in [4.69, 9.17) is 4.42 Å². The molecule has 1 aliphatic heterocycles. The molecule has 4 atom stereocenters. The Labute approximate surface area is 176 Å². The molecule has 158 valence electrons. The molecule has 5 rings (SSSR count). The standard InChI is InChI=1S/C24H29N3O3/c1-14-6-15(2)23-19(12-30-24(23)16(14)3)9-22(29)27-10-17-7-20(26-5-4-25-13-26)21(28)8-18(17)11-27/h4-6,12-13,17-18,20-21,28H,7-11H2,1-3H3/t17-,18+,20-,21-/m1/s1. The molecule has 6 heteroatoms. The number of likely N-dealkylation sites (tertiary alicyclic amines) is 1. The molecule has 6 nitrogen and oxygen atoms in total. The molecule has 1 amide bonds. The fraction of sp³-hybridized carbons (Fsp3) is 0.500. The van der Waals surface area contributed by atoms with Gasteiger partial charge in [-0.1, -0.05) is 6.07 Å². The number of aliphatic hydroxyl groups excluding tert-OH is 1. The third-order valence-corrected chi connectivity index (χ3v) is 7.34. The molecule has 0 radical (unpaired) electrons. The monoisotopic (exact) mass is 407 g/mol. The van der Waals surface area contributed by atoms with Crippen molar-refractivity contribution in [1.29, 1.82) is 0 Å². The minimum Gasteiger partial charge on any atom is -0.464 e. The fourth-order valence-corrected chi connectivity index (χ4v) is 5.59. The number of fused-ring (bicyclic) bond motifs is 2. The van der Waals surface area contributed by atoms with Crippen LogP contribution in [0, 0.1) is 32.6 Å². The Morgan fingerprint density at radius 2 is 1.97 bits per heavy atom. The molecule has 1 aromatic carbocycles. The van der Waals surface area contributed by atoms with E-state index in [-0.39, 0.29) is 18.1 Å². The minimum absolute atomic E-state index is 0.0514. The van der Waals surface area contributed by atoms with Gasteiger partial charge in [-0.05, 0) is 62.1 Å². The van der Waals surface area contributed by atoms with Gasteiger partial charge in [0, 0.05) is 36.4 Å². The van der Waals surface area contributed by atoms with Gasteiger partial charge >= 0.3 is 0 Å². The molecule has 2 aliphatic rings. The number of nitrogens with zero attached hydrogens (tertiary/aromatic N) is 3. The molecule has 1 aliphatic carbocycles. The first-order chi connectivity index (χ1) is 14.4. The Hall–Kier alpha value is -2.60. The number of rotatable bonds is 3. The van der Waals surface area contributed by atoms with Gasteiger partial charge in [0.25, 0.3) is 0 Å². The number of amides is 1. The van der Waals surface area contributed by atoms with Crippen molar-refractivity contribution < 1.29 is 14.3 Å². The van der Waals surface area contributed by atoms with E-state index in [9.17, 15) is 9.90 Å². The lowest BCUT2D eigenvalue weighted by Gasteiger charge is -2.35. The van der Waals surface area contributed by atoms with Gasteiger partial charge in [0.05, 0.1) is 31.2 Å². The van der Waals surface area contributed by atoms with E-state index in [1.54, 1.807) is 18.8 Å². The van der Waals surface area contributed by atoms with E-state index >= 15 is 0 Å². The number of hydrogen-bond donors (Lipinski definition) is 1. The summed E-state index contributed by atoms with van der Waals surface area (Å²) in [7, 11) is 0. The highest BCUT2D eigenvalue weighted by molar-refractivity contribution is 5.92. The lowest BCUT2D eigenvalue weighted by Crippen LogP contribution is -2.35. The van der Waals surface area contributed by atoms with Gasteiger partial charge in [-0.3, -0.25) is 4.79 Å². The lowest BCUT2D eigenvalue weighted by molar-refractivity contribution is -0.129. The molecule has 1 N–H and O–H groups in total. The number of imidazole rings is 1. The summed E-state index contributed by atoms with van der Waals surface area (Å²) in [6, 6.07) is 2.22. The first kappa shape index (κ1) is 19.4. The zero-order valence-corrected chi connectivity index (χ0v) is 17.8. The first-order valence-electron chi connectivity index (χ1n) is 10.8. The van der Waals surface area contributed by atoms with Crippen LogP contribution >= 0.6 is 0 Å². The van der Waals surface area contributed by atoms with Crippen LogP contribution < -0.4 is 0 Å². The molecule has 1 saturated carbocycles. The van der Waals surface area contributed by atoms with Crippen molar-refractivity contribution >= 4 is 16.9 Å². The van der Waals surface area contributed by atoms with E-state index < -0.39 is 0 Å². The van der Waals surface area contributed by atoms with Crippen molar-refractivity contribution in [2.45, 2.75) is 52.2 Å². The van der Waals surface area contributed by atoms with Crippen LogP contribution in [0.4, 0.5) is 0 Å². The van der Waals surface area contributed by atoms with Crippen molar-refractivity contribution in [3.8, 4) is 0 Å². The highest BCUT2D eigenvalue weighted by Gasteiger charge is 2.43. The first-order valence-corrected chi connectivity index (χ1v) is 10.8. The molecule has 3 aromatic rings. The van der Waals surface area contributed by atoms with E-state index in [0.717, 1.165) is 53.6 Å². The molecular formula is C24H29N3O3. The third kappa shape index (κ3) is 3.14. The average Bonchev–Trinajstić information content (AvgIpc) is 3.44. The number of aliphatic hydroxyl groups is 1. The summed E-state index contributed by atoms with van der Waals surface area (Å²) in [6.45, 7) is 7.75. The summed E-state index contributed by atoms with van der Waals surface area (Å²) in [4.78, 5) is 19.3. The SMILES string of the molecule is Cc1cc(C)c2c(CC(=O)N3C[C@H]4C[C@@H](n5ccnc5)[C@H](O)C[C@H]4C3)coc2c1C. The van der Waals surface area contributed by atoms with Crippen LogP contribution in [0.2, 0.25) is 0 Å². The zero-order valence-electron chi connectivity index (χ0n) is 17.8. The second-order valence-electron chi connectivity index (χ2n) is 9.21. The van der Waals surface area contributed by atoms with Gasteiger partial charge in [-0.2, -0.15) is 0 Å². The maximum Gasteiger partial charge on any atom is 0.227 e. The Morgan fingerprint density at radius 1 is 1.20 bits per heavy atom. The van der Waals surface area contributed by atoms with Crippen LogP contribution in [0.15, 0.2) is 35.5 Å². The molecular weight excluding hydrogens is 378 g/mol. The lowest BCUT2D eigenvalue weighted by atomic mass is 9.77. The minimum atomic E-state index is -0.387. The molecule has 2 fully saturated rings. The normalized spacial score (nSPS) is 26.3. The van der Waals surface area contributed by atoms with Crippen LogP contribution in [0.25, 0.3) is 11.0 Å². The second-order valence-corrected chi connectivity index (χ2v) is 9.21. The van der Waals surface area contributed by atoms with Crippen LogP contribution in [0.1, 0.15) is 41.1 Å².